The van der Waals surface area contributed by atoms with Gasteiger partial charge in [0.1, 0.15) is 22.7 Å². The zero-order valence-corrected chi connectivity index (χ0v) is 33.1. The van der Waals surface area contributed by atoms with Crippen molar-refractivity contribution < 1.29 is 38.1 Å². The molecule has 5 rings (SSSR count). The van der Waals surface area contributed by atoms with Gasteiger partial charge in [0, 0.05) is 40.8 Å². The number of aromatic nitrogens is 4. The summed E-state index contributed by atoms with van der Waals surface area (Å²) in [5, 5.41) is 5.49. The second-order valence-corrected chi connectivity index (χ2v) is 14.5. The van der Waals surface area contributed by atoms with Crippen LogP contribution in [0.25, 0.3) is 23.4 Å². The van der Waals surface area contributed by atoms with E-state index in [-0.39, 0.29) is 56.0 Å². The number of hydrogen-bond acceptors (Lipinski definition) is 10. The van der Waals surface area contributed by atoms with Gasteiger partial charge >= 0.3 is 6.09 Å². The predicted molar refractivity (Wildman–Crippen MR) is 209 cm³/mol. The van der Waals surface area contributed by atoms with Crippen LogP contribution in [-0.2, 0) is 33.3 Å². The first kappa shape index (κ1) is 41.8. The van der Waals surface area contributed by atoms with Crippen LogP contribution >= 0.6 is 0 Å². The SMILES string of the molecule is COCCC(=O)NC(C)(COC)C(=O)N1CCC[C@H]1c1ncc(C=CC=Cc2ccc(-c3cnc([C@@H]4CCCN4C(=O)C(C)(COC)NC(=O)OC)[nH]3)cc2)[nH]1. The molecule has 16 heteroatoms. The number of alkyl carbamates (subject to hydrolysis) is 1. The van der Waals surface area contributed by atoms with Crippen molar-refractivity contribution in [3.8, 4) is 11.3 Å². The number of amides is 4. The molecule has 2 aromatic heterocycles. The van der Waals surface area contributed by atoms with E-state index in [1.54, 1.807) is 36.0 Å². The van der Waals surface area contributed by atoms with Gasteiger partial charge in [0.25, 0.3) is 11.8 Å². The van der Waals surface area contributed by atoms with Crippen LogP contribution in [0.15, 0.2) is 48.8 Å². The van der Waals surface area contributed by atoms with Gasteiger partial charge in [-0.05, 0) is 56.7 Å². The molecule has 0 spiro atoms. The molecule has 56 heavy (non-hydrogen) atoms. The molecule has 3 aromatic rings. The Hall–Kier alpha value is -5.32. The van der Waals surface area contributed by atoms with E-state index < -0.39 is 17.2 Å². The van der Waals surface area contributed by atoms with Crippen molar-refractivity contribution >= 4 is 36.0 Å². The van der Waals surface area contributed by atoms with E-state index in [9.17, 15) is 19.2 Å². The van der Waals surface area contributed by atoms with Crippen molar-refractivity contribution in [3.63, 3.8) is 0 Å². The van der Waals surface area contributed by atoms with Gasteiger partial charge in [0.15, 0.2) is 0 Å². The van der Waals surface area contributed by atoms with Gasteiger partial charge in [-0.2, -0.15) is 0 Å². The van der Waals surface area contributed by atoms with Gasteiger partial charge < -0.3 is 49.3 Å². The number of rotatable bonds is 17. The maximum atomic E-state index is 13.8. The van der Waals surface area contributed by atoms with Gasteiger partial charge in [-0.1, -0.05) is 42.5 Å². The molecule has 4 N–H and O–H groups in total. The van der Waals surface area contributed by atoms with Crippen LogP contribution in [0, 0.1) is 0 Å². The fourth-order valence-electron chi connectivity index (χ4n) is 7.30. The Bertz CT molecular complexity index is 1870. The number of likely N-dealkylation sites (tertiary alicyclic amines) is 2. The number of nitrogens with zero attached hydrogens (tertiary/aromatic N) is 4. The van der Waals surface area contributed by atoms with Gasteiger partial charge in [0.2, 0.25) is 5.91 Å². The minimum absolute atomic E-state index is 0.00701. The summed E-state index contributed by atoms with van der Waals surface area (Å²) < 4.78 is 20.4. The minimum atomic E-state index is -1.29. The van der Waals surface area contributed by atoms with E-state index in [1.807, 2.05) is 48.6 Å². The van der Waals surface area contributed by atoms with E-state index in [2.05, 4.69) is 30.6 Å². The van der Waals surface area contributed by atoms with Crippen LogP contribution in [0.5, 0.6) is 0 Å². The fraction of sp³-hybridized carbons (Fsp3) is 0.500. The summed E-state index contributed by atoms with van der Waals surface area (Å²) in [6.45, 7) is 4.70. The molecule has 2 aliphatic heterocycles. The average Bonchev–Trinajstić information content (AvgIpc) is 4.02. The van der Waals surface area contributed by atoms with Gasteiger partial charge in [-0.25, -0.2) is 14.8 Å². The second-order valence-electron chi connectivity index (χ2n) is 14.5. The number of H-pyrrole nitrogens is 2. The highest BCUT2D eigenvalue weighted by molar-refractivity contribution is 5.92. The van der Waals surface area contributed by atoms with Crippen LogP contribution in [-0.4, -0.2) is 126 Å². The van der Waals surface area contributed by atoms with Crippen molar-refractivity contribution in [1.82, 2.24) is 40.4 Å². The fourth-order valence-corrected chi connectivity index (χ4v) is 7.30. The zero-order chi connectivity index (χ0) is 40.3. The Kier molecular flexibility index (Phi) is 14.2. The van der Waals surface area contributed by atoms with E-state index in [0.717, 1.165) is 48.2 Å². The maximum Gasteiger partial charge on any atom is 0.407 e. The molecular weight excluding hydrogens is 720 g/mol. The van der Waals surface area contributed by atoms with Crippen LogP contribution < -0.4 is 10.6 Å². The van der Waals surface area contributed by atoms with Gasteiger partial charge in [0.05, 0.1) is 62.8 Å². The normalized spacial score (nSPS) is 19.3. The molecule has 0 saturated carbocycles. The maximum absolute atomic E-state index is 13.8. The van der Waals surface area contributed by atoms with Crippen molar-refractivity contribution in [2.24, 2.45) is 0 Å². The van der Waals surface area contributed by atoms with Crippen molar-refractivity contribution in [1.29, 1.82) is 0 Å². The molecule has 2 fully saturated rings. The molecule has 4 atom stereocenters. The summed E-state index contributed by atoms with van der Waals surface area (Å²) in [6, 6.07) is 7.52. The quantitative estimate of drug-likeness (QED) is 0.145. The summed E-state index contributed by atoms with van der Waals surface area (Å²) in [7, 11) is 5.77. The number of ether oxygens (including phenoxy) is 4. The number of allylic oxidation sites excluding steroid dienone is 2. The molecule has 1 aromatic carbocycles. The molecule has 302 valence electrons. The number of carbonyl (C=O) groups excluding carboxylic acids is 4. The number of nitrogens with one attached hydrogen (secondary N) is 4. The van der Waals surface area contributed by atoms with Crippen LogP contribution in [0.2, 0.25) is 0 Å². The third-order valence-corrected chi connectivity index (χ3v) is 10.1. The predicted octanol–water partition coefficient (Wildman–Crippen LogP) is 4.17. The highest BCUT2D eigenvalue weighted by atomic mass is 16.5. The number of aromatic amines is 2. The monoisotopic (exact) mass is 774 g/mol. The molecule has 0 radical (unpaired) electrons. The number of carbonyl (C=O) groups is 4. The molecule has 2 unspecified atom stereocenters. The first-order valence-corrected chi connectivity index (χ1v) is 18.8. The van der Waals surface area contributed by atoms with Crippen molar-refractivity contribution in [2.45, 2.75) is 69.1 Å². The topological polar surface area (TPSA) is 193 Å². The first-order valence-electron chi connectivity index (χ1n) is 18.8. The van der Waals surface area contributed by atoms with E-state index in [1.165, 1.54) is 28.4 Å². The molecule has 0 bridgehead atoms. The molecular formula is C40H54N8O8. The lowest BCUT2D eigenvalue weighted by atomic mass is 10.00. The number of hydrogen-bond donors (Lipinski definition) is 4. The summed E-state index contributed by atoms with van der Waals surface area (Å²) in [4.78, 5) is 71.5. The molecule has 4 amide bonds. The molecule has 2 aliphatic rings. The smallest absolute Gasteiger partial charge is 0.407 e. The van der Waals surface area contributed by atoms with Crippen LogP contribution in [0.3, 0.4) is 0 Å². The molecule has 4 heterocycles. The summed E-state index contributed by atoms with van der Waals surface area (Å²) in [5.41, 5.74) is 1.06. The van der Waals surface area contributed by atoms with Crippen LogP contribution in [0.4, 0.5) is 4.79 Å². The van der Waals surface area contributed by atoms with E-state index in [0.29, 0.717) is 24.7 Å². The largest absolute Gasteiger partial charge is 0.453 e. The average molecular weight is 775 g/mol. The zero-order valence-electron chi connectivity index (χ0n) is 33.1. The number of imidazole rings is 2. The summed E-state index contributed by atoms with van der Waals surface area (Å²) >= 11 is 0. The van der Waals surface area contributed by atoms with Crippen molar-refractivity contribution in [3.05, 3.63) is 71.7 Å². The van der Waals surface area contributed by atoms with Crippen LogP contribution in [0.1, 0.15) is 80.9 Å². The van der Waals surface area contributed by atoms with E-state index in [4.69, 9.17) is 18.9 Å². The van der Waals surface area contributed by atoms with Gasteiger partial charge in [-0.15, -0.1) is 0 Å². The van der Waals surface area contributed by atoms with Gasteiger partial charge in [-0.3, -0.25) is 14.4 Å². The number of methoxy groups -OCH3 is 4. The molecule has 2 saturated heterocycles. The molecule has 16 nitrogen and oxygen atoms in total. The van der Waals surface area contributed by atoms with Crippen molar-refractivity contribution in [2.75, 3.05) is 61.3 Å². The third-order valence-electron chi connectivity index (χ3n) is 10.1. The lowest BCUT2D eigenvalue weighted by Crippen LogP contribution is -2.60. The third kappa shape index (κ3) is 9.91. The standard InChI is InChI=1S/C40H54N8O8/c1-39(25-54-4,45-33(49)19-22-53-3)36(50)47-20-9-13-31(47)34-41-23-29(43-34)12-8-7-11-27-15-17-28(18-16-27)30-24-42-35(44-30)32-14-10-21-48(32)37(51)40(2,26-55-5)46-38(52)56-6/h7-8,11-12,15-18,23-24,31-32H,9-10,13-14,19-22,25-26H2,1-6H3,(H,41,43)(H,42,44)(H,45,49)(H,46,52)/t31-,32-,39?,40?/m0/s1. The Morgan fingerprint density at radius 3 is 1.95 bits per heavy atom. The highest BCUT2D eigenvalue weighted by Crippen LogP contribution is 2.34. The second kappa shape index (κ2) is 19.0. The number of benzene rings is 1. The Balaban J connectivity index is 1.18. The lowest BCUT2D eigenvalue weighted by molar-refractivity contribution is -0.144. The highest BCUT2D eigenvalue weighted by Gasteiger charge is 2.45. The summed E-state index contributed by atoms with van der Waals surface area (Å²) in [5.74, 6) is 0.611. The minimum Gasteiger partial charge on any atom is -0.453 e. The first-order chi connectivity index (χ1) is 26.9. The lowest BCUT2D eigenvalue weighted by Gasteiger charge is -2.35. The van der Waals surface area contributed by atoms with E-state index >= 15 is 0 Å². The molecule has 0 aliphatic carbocycles. The Morgan fingerprint density at radius 1 is 0.786 bits per heavy atom. The Morgan fingerprint density at radius 2 is 1.36 bits per heavy atom. The Labute approximate surface area is 327 Å². The summed E-state index contributed by atoms with van der Waals surface area (Å²) in [6.07, 6.45) is 13.8.